The Morgan fingerprint density at radius 2 is 1.86 bits per heavy atom. The Bertz CT molecular complexity index is 612. The lowest BCUT2D eigenvalue weighted by atomic mass is 10.2. The molecule has 0 atom stereocenters. The van der Waals surface area contributed by atoms with Gasteiger partial charge >= 0.3 is 0 Å². The van der Waals surface area contributed by atoms with Crippen LogP contribution in [0.4, 0.5) is 5.82 Å². The van der Waals surface area contributed by atoms with Crippen LogP contribution in [0.3, 0.4) is 0 Å². The van der Waals surface area contributed by atoms with E-state index in [-0.39, 0.29) is 6.10 Å². The zero-order chi connectivity index (χ0) is 15.4. The van der Waals surface area contributed by atoms with Crippen LogP contribution >= 0.6 is 15.9 Å². The predicted molar refractivity (Wildman–Crippen MR) is 89.8 cm³/mol. The quantitative estimate of drug-likeness (QED) is 0.866. The summed E-state index contributed by atoms with van der Waals surface area (Å²) in [5, 5.41) is 3.24. The standard InChI is InChI=1S/C16H20BrN3O/c1-5-18-16-14(17)11(4)19-15(20-16)12-6-8-13(9-7-12)21-10(2)3/h6-10H,5H2,1-4H3,(H,18,19,20). The lowest BCUT2D eigenvalue weighted by Gasteiger charge is -2.12. The van der Waals surface area contributed by atoms with Gasteiger partial charge in [0.15, 0.2) is 5.82 Å². The number of hydrogen-bond donors (Lipinski definition) is 1. The Morgan fingerprint density at radius 1 is 1.19 bits per heavy atom. The molecule has 1 heterocycles. The Morgan fingerprint density at radius 3 is 2.43 bits per heavy atom. The maximum absolute atomic E-state index is 5.65. The summed E-state index contributed by atoms with van der Waals surface area (Å²) in [7, 11) is 0. The molecule has 0 unspecified atom stereocenters. The molecule has 0 spiro atoms. The van der Waals surface area contributed by atoms with Crippen molar-refractivity contribution in [1.29, 1.82) is 0 Å². The molecule has 2 aromatic rings. The summed E-state index contributed by atoms with van der Waals surface area (Å²) < 4.78 is 6.56. The van der Waals surface area contributed by atoms with E-state index in [1.54, 1.807) is 0 Å². The van der Waals surface area contributed by atoms with Gasteiger partial charge in [-0.25, -0.2) is 9.97 Å². The molecule has 1 aromatic heterocycles. The Hall–Kier alpha value is -1.62. The first-order valence-electron chi connectivity index (χ1n) is 7.06. The molecule has 4 nitrogen and oxygen atoms in total. The molecule has 0 bridgehead atoms. The second-order valence-electron chi connectivity index (χ2n) is 5.02. The van der Waals surface area contributed by atoms with Gasteiger partial charge in [-0.05, 0) is 67.9 Å². The minimum Gasteiger partial charge on any atom is -0.491 e. The summed E-state index contributed by atoms with van der Waals surface area (Å²) in [5.41, 5.74) is 1.89. The van der Waals surface area contributed by atoms with Gasteiger partial charge in [-0.15, -0.1) is 0 Å². The molecule has 112 valence electrons. The number of benzene rings is 1. The average molecular weight is 350 g/mol. The monoisotopic (exact) mass is 349 g/mol. The number of hydrogen-bond acceptors (Lipinski definition) is 4. The number of nitrogens with zero attached hydrogens (tertiary/aromatic N) is 2. The van der Waals surface area contributed by atoms with Crippen molar-refractivity contribution in [3.63, 3.8) is 0 Å². The number of nitrogens with one attached hydrogen (secondary N) is 1. The summed E-state index contributed by atoms with van der Waals surface area (Å²) >= 11 is 3.52. The highest BCUT2D eigenvalue weighted by Crippen LogP contribution is 2.27. The first kappa shape index (κ1) is 15.8. The van der Waals surface area contributed by atoms with E-state index in [0.717, 1.165) is 33.8 Å². The fourth-order valence-corrected chi connectivity index (χ4v) is 2.25. The van der Waals surface area contributed by atoms with Crippen LogP contribution in [-0.2, 0) is 0 Å². The molecule has 0 aliphatic heterocycles. The zero-order valence-corrected chi connectivity index (χ0v) is 14.4. The molecule has 21 heavy (non-hydrogen) atoms. The lowest BCUT2D eigenvalue weighted by molar-refractivity contribution is 0.242. The van der Waals surface area contributed by atoms with Crippen LogP contribution in [0.1, 0.15) is 26.5 Å². The molecular formula is C16H20BrN3O. The van der Waals surface area contributed by atoms with Crippen LogP contribution in [0.25, 0.3) is 11.4 Å². The largest absolute Gasteiger partial charge is 0.491 e. The SMILES string of the molecule is CCNc1nc(-c2ccc(OC(C)C)cc2)nc(C)c1Br. The minimum absolute atomic E-state index is 0.169. The van der Waals surface area contributed by atoms with Crippen molar-refractivity contribution >= 4 is 21.7 Å². The van der Waals surface area contributed by atoms with Gasteiger partial charge in [0, 0.05) is 12.1 Å². The fraction of sp³-hybridized carbons (Fsp3) is 0.375. The van der Waals surface area contributed by atoms with Crippen LogP contribution in [-0.4, -0.2) is 22.6 Å². The molecule has 0 radical (unpaired) electrons. The fourth-order valence-electron chi connectivity index (χ4n) is 1.93. The molecule has 0 fully saturated rings. The van der Waals surface area contributed by atoms with Gasteiger partial charge in [0.25, 0.3) is 0 Å². The minimum atomic E-state index is 0.169. The van der Waals surface area contributed by atoms with E-state index in [1.807, 2.05) is 52.0 Å². The molecule has 1 N–H and O–H groups in total. The van der Waals surface area contributed by atoms with E-state index in [0.29, 0.717) is 5.82 Å². The average Bonchev–Trinajstić information content (AvgIpc) is 2.44. The van der Waals surface area contributed by atoms with Crippen LogP contribution in [0, 0.1) is 6.92 Å². The molecule has 0 saturated heterocycles. The highest BCUT2D eigenvalue weighted by atomic mass is 79.9. The smallest absolute Gasteiger partial charge is 0.161 e. The summed E-state index contributed by atoms with van der Waals surface area (Å²) in [6, 6.07) is 7.86. The third kappa shape index (κ3) is 3.94. The number of halogens is 1. The van der Waals surface area contributed by atoms with Gasteiger partial charge in [0.1, 0.15) is 11.6 Å². The number of rotatable bonds is 5. The van der Waals surface area contributed by atoms with E-state index >= 15 is 0 Å². The van der Waals surface area contributed by atoms with Gasteiger partial charge in [-0.2, -0.15) is 0 Å². The molecule has 5 heteroatoms. The molecular weight excluding hydrogens is 330 g/mol. The first-order valence-corrected chi connectivity index (χ1v) is 7.85. The third-order valence-electron chi connectivity index (χ3n) is 2.85. The predicted octanol–water partition coefficient (Wildman–Crippen LogP) is 4.43. The van der Waals surface area contributed by atoms with Crippen molar-refractivity contribution in [2.24, 2.45) is 0 Å². The van der Waals surface area contributed by atoms with Crippen LogP contribution in [0.15, 0.2) is 28.7 Å². The molecule has 2 rings (SSSR count). The van der Waals surface area contributed by atoms with Gasteiger partial charge in [-0.3, -0.25) is 0 Å². The van der Waals surface area contributed by atoms with E-state index in [9.17, 15) is 0 Å². The van der Waals surface area contributed by atoms with Crippen LogP contribution in [0.5, 0.6) is 5.75 Å². The second kappa shape index (κ2) is 6.89. The summed E-state index contributed by atoms with van der Waals surface area (Å²) in [6.07, 6.45) is 0.169. The zero-order valence-electron chi connectivity index (χ0n) is 12.8. The topological polar surface area (TPSA) is 47.0 Å². The molecule has 0 saturated carbocycles. The summed E-state index contributed by atoms with van der Waals surface area (Å²) in [4.78, 5) is 9.11. The van der Waals surface area contributed by atoms with Crippen molar-refractivity contribution in [3.8, 4) is 17.1 Å². The molecule has 0 amide bonds. The van der Waals surface area contributed by atoms with Crippen molar-refractivity contribution in [2.75, 3.05) is 11.9 Å². The van der Waals surface area contributed by atoms with E-state index < -0.39 is 0 Å². The third-order valence-corrected chi connectivity index (χ3v) is 3.79. The van der Waals surface area contributed by atoms with E-state index in [1.165, 1.54) is 0 Å². The van der Waals surface area contributed by atoms with Crippen LogP contribution in [0.2, 0.25) is 0 Å². The Labute approximate surface area is 134 Å². The Balaban J connectivity index is 2.33. The highest BCUT2D eigenvalue weighted by Gasteiger charge is 2.10. The molecule has 0 aliphatic carbocycles. The first-order chi connectivity index (χ1) is 10.0. The number of aromatic nitrogens is 2. The van der Waals surface area contributed by atoms with E-state index in [2.05, 4.69) is 31.2 Å². The van der Waals surface area contributed by atoms with Crippen molar-refractivity contribution < 1.29 is 4.74 Å². The van der Waals surface area contributed by atoms with Gasteiger partial charge in [0.2, 0.25) is 0 Å². The van der Waals surface area contributed by atoms with Crippen molar-refractivity contribution in [1.82, 2.24) is 9.97 Å². The van der Waals surface area contributed by atoms with Crippen molar-refractivity contribution in [2.45, 2.75) is 33.8 Å². The summed E-state index contributed by atoms with van der Waals surface area (Å²) in [5.74, 6) is 2.39. The normalized spacial score (nSPS) is 10.8. The van der Waals surface area contributed by atoms with Gasteiger partial charge < -0.3 is 10.1 Å². The van der Waals surface area contributed by atoms with Crippen molar-refractivity contribution in [3.05, 3.63) is 34.4 Å². The van der Waals surface area contributed by atoms with Crippen LogP contribution < -0.4 is 10.1 Å². The molecule has 1 aromatic carbocycles. The maximum Gasteiger partial charge on any atom is 0.161 e. The maximum atomic E-state index is 5.65. The Kier molecular flexibility index (Phi) is 5.17. The highest BCUT2D eigenvalue weighted by molar-refractivity contribution is 9.10. The van der Waals surface area contributed by atoms with E-state index in [4.69, 9.17) is 4.74 Å². The number of aryl methyl sites for hydroxylation is 1. The molecule has 0 aliphatic rings. The summed E-state index contributed by atoms with van der Waals surface area (Å²) in [6.45, 7) is 8.85. The number of anilines is 1. The lowest BCUT2D eigenvalue weighted by Crippen LogP contribution is -2.06. The van der Waals surface area contributed by atoms with Gasteiger partial charge in [0.05, 0.1) is 16.3 Å². The second-order valence-corrected chi connectivity index (χ2v) is 5.81. The number of ether oxygens (including phenoxy) is 1. The van der Waals surface area contributed by atoms with Gasteiger partial charge in [-0.1, -0.05) is 0 Å².